The molecule has 1 aliphatic rings. The van der Waals surface area contributed by atoms with Crippen LogP contribution in [0.4, 0.5) is 0 Å². The van der Waals surface area contributed by atoms with Gasteiger partial charge in [0, 0.05) is 9.52 Å². The van der Waals surface area contributed by atoms with Crippen molar-refractivity contribution >= 4 is 9.52 Å². The van der Waals surface area contributed by atoms with Gasteiger partial charge in [0.15, 0.2) is 0 Å². The van der Waals surface area contributed by atoms with E-state index in [0.717, 1.165) is 9.52 Å². The Hall–Kier alpha value is 0.281. The predicted octanol–water partition coefficient (Wildman–Crippen LogP) is 5.36. The van der Waals surface area contributed by atoms with Gasteiger partial charge in [-0.1, -0.05) is 59.4 Å². The Balaban J connectivity index is -0.000000722. The molecule has 0 saturated carbocycles. The molecule has 1 aromatic carbocycles. The molecule has 0 nitrogen and oxygen atoms in total. The first-order valence-corrected chi connectivity index (χ1v) is 7.70. The van der Waals surface area contributed by atoms with Crippen LogP contribution in [0.25, 0.3) is 0 Å². The summed E-state index contributed by atoms with van der Waals surface area (Å²) in [5, 5.41) is 0.491. The standard InChI is InChI=1S/C15H23Si.3CH3.Ti/c1-11-9-12-7-5-6-8-13(12)14(11)10-16-15(2,3)4;;;;/h9H,5-8,10H2,1-4H3;3*1H3;/q4*-1;+4. The molecule has 0 aromatic heterocycles. The minimum absolute atomic E-state index is 0. The minimum Gasteiger partial charge on any atom is -0.358 e. The molecule has 20 heavy (non-hydrogen) atoms. The van der Waals surface area contributed by atoms with E-state index in [0.29, 0.717) is 5.04 Å². The topological polar surface area (TPSA) is 0 Å². The predicted molar refractivity (Wildman–Crippen MR) is 91.8 cm³/mol. The largest absolute Gasteiger partial charge is 4.00 e. The molecule has 2 radical (unpaired) electrons. The van der Waals surface area contributed by atoms with Crippen LogP contribution in [0, 0.1) is 29.2 Å². The van der Waals surface area contributed by atoms with Gasteiger partial charge in [-0.25, -0.2) is 6.07 Å². The third-order valence-electron chi connectivity index (χ3n) is 3.54. The van der Waals surface area contributed by atoms with Crippen LogP contribution in [0.15, 0.2) is 6.07 Å². The van der Waals surface area contributed by atoms with Crippen LogP contribution < -0.4 is 0 Å². The zero-order valence-electron chi connectivity index (χ0n) is 14.6. The average molecular weight is 324 g/mol. The van der Waals surface area contributed by atoms with E-state index in [2.05, 4.69) is 33.8 Å². The number of hydrogen-bond donors (Lipinski definition) is 0. The monoisotopic (exact) mass is 324 g/mol. The summed E-state index contributed by atoms with van der Waals surface area (Å²) < 4.78 is 0. The van der Waals surface area contributed by atoms with E-state index in [-0.39, 0.29) is 44.0 Å². The third kappa shape index (κ3) is 6.37. The number of fused-ring (bicyclic) bond motifs is 1. The van der Waals surface area contributed by atoms with Crippen LogP contribution in [0.2, 0.25) is 5.04 Å². The van der Waals surface area contributed by atoms with Crippen LogP contribution in [0.3, 0.4) is 0 Å². The third-order valence-corrected chi connectivity index (χ3v) is 5.13. The maximum absolute atomic E-state index is 2.46. The van der Waals surface area contributed by atoms with E-state index >= 15 is 0 Å². The van der Waals surface area contributed by atoms with Crippen LogP contribution >= 0.6 is 0 Å². The number of rotatable bonds is 2. The Labute approximate surface area is 146 Å². The quantitative estimate of drug-likeness (QED) is 0.507. The first kappa shape index (κ1) is 25.2. The van der Waals surface area contributed by atoms with Gasteiger partial charge < -0.3 is 22.3 Å². The molecule has 0 heterocycles. The van der Waals surface area contributed by atoms with Crippen molar-refractivity contribution in [3.63, 3.8) is 0 Å². The second-order valence-corrected chi connectivity index (χ2v) is 8.33. The van der Waals surface area contributed by atoms with E-state index in [4.69, 9.17) is 0 Å². The summed E-state index contributed by atoms with van der Waals surface area (Å²) in [4.78, 5) is 0. The second-order valence-electron chi connectivity index (χ2n) is 6.12. The fourth-order valence-corrected chi connectivity index (χ4v) is 3.82. The Morgan fingerprint density at radius 1 is 1.10 bits per heavy atom. The maximum Gasteiger partial charge on any atom is 4.00 e. The summed E-state index contributed by atoms with van der Waals surface area (Å²) in [7, 11) is 1.05. The summed E-state index contributed by atoms with van der Waals surface area (Å²) in [5.74, 6) is 0. The van der Waals surface area contributed by atoms with Gasteiger partial charge in [0.25, 0.3) is 0 Å². The van der Waals surface area contributed by atoms with Gasteiger partial charge in [0.1, 0.15) is 0 Å². The van der Waals surface area contributed by atoms with E-state index < -0.39 is 0 Å². The van der Waals surface area contributed by atoms with Gasteiger partial charge in [0.2, 0.25) is 0 Å². The van der Waals surface area contributed by atoms with Crippen molar-refractivity contribution < 1.29 is 21.7 Å². The molecular formula is C18H32SiTi. The molecule has 0 atom stereocenters. The molecule has 0 bridgehead atoms. The molecule has 0 spiro atoms. The maximum atomic E-state index is 2.46. The van der Waals surface area contributed by atoms with Gasteiger partial charge in [-0.15, -0.1) is 0 Å². The zero-order valence-corrected chi connectivity index (χ0v) is 17.2. The molecular weight excluding hydrogens is 292 g/mol. The molecule has 1 aromatic rings. The smallest absolute Gasteiger partial charge is 0.358 e. The van der Waals surface area contributed by atoms with Gasteiger partial charge in [-0.2, -0.15) is 22.3 Å². The molecule has 0 amide bonds. The Morgan fingerprint density at radius 3 is 2.20 bits per heavy atom. The molecule has 112 valence electrons. The van der Waals surface area contributed by atoms with E-state index in [9.17, 15) is 0 Å². The summed E-state index contributed by atoms with van der Waals surface area (Å²) in [5.41, 5.74) is 6.64. The molecule has 2 heteroatoms. The van der Waals surface area contributed by atoms with Crippen molar-refractivity contribution in [2.45, 2.75) is 64.5 Å². The SMILES string of the molecule is Cc1cc2c([c-]1C[Si]C(C)(C)C)CCCC2.[CH3-].[CH3-].[CH3-].[Ti+4]. The van der Waals surface area contributed by atoms with Crippen molar-refractivity contribution in [3.05, 3.63) is 50.6 Å². The van der Waals surface area contributed by atoms with Gasteiger partial charge >= 0.3 is 21.7 Å². The Bertz CT molecular complexity index is 372. The fraction of sp³-hybridized carbons (Fsp3) is 0.556. The van der Waals surface area contributed by atoms with Crippen LogP contribution in [-0.4, -0.2) is 9.52 Å². The second kappa shape index (κ2) is 10.1. The molecule has 1 aliphatic carbocycles. The van der Waals surface area contributed by atoms with Crippen LogP contribution in [0.1, 0.15) is 55.9 Å². The molecule has 0 fully saturated rings. The summed E-state index contributed by atoms with van der Waals surface area (Å²) >= 11 is 0. The van der Waals surface area contributed by atoms with Gasteiger partial charge in [-0.3, -0.25) is 0 Å². The van der Waals surface area contributed by atoms with Crippen molar-refractivity contribution in [1.29, 1.82) is 0 Å². The first-order chi connectivity index (χ1) is 7.47. The van der Waals surface area contributed by atoms with Crippen molar-refractivity contribution in [2.24, 2.45) is 0 Å². The molecule has 2 rings (SSSR count). The van der Waals surface area contributed by atoms with E-state index in [1.807, 2.05) is 0 Å². The van der Waals surface area contributed by atoms with Crippen molar-refractivity contribution in [1.82, 2.24) is 0 Å². The Kier molecular flexibility index (Phi) is 12.7. The van der Waals surface area contributed by atoms with Gasteiger partial charge in [0.05, 0.1) is 0 Å². The van der Waals surface area contributed by atoms with Crippen molar-refractivity contribution in [3.8, 4) is 0 Å². The molecule has 0 saturated heterocycles. The normalized spacial score (nSPS) is 13.0. The fourth-order valence-electron chi connectivity index (χ4n) is 2.62. The van der Waals surface area contributed by atoms with Crippen LogP contribution in [0.5, 0.6) is 0 Å². The van der Waals surface area contributed by atoms with E-state index in [1.54, 1.807) is 22.3 Å². The number of hydrogen-bond acceptors (Lipinski definition) is 0. The molecule has 0 unspecified atom stereocenters. The summed E-state index contributed by atoms with van der Waals surface area (Å²) in [6.45, 7) is 9.38. The van der Waals surface area contributed by atoms with E-state index in [1.165, 1.54) is 31.7 Å². The summed E-state index contributed by atoms with van der Waals surface area (Å²) in [6.07, 6.45) is 5.47. The molecule has 0 aliphatic heterocycles. The average Bonchev–Trinajstić information content (AvgIpc) is 2.49. The first-order valence-electron chi connectivity index (χ1n) is 6.49. The van der Waals surface area contributed by atoms with Gasteiger partial charge in [-0.05, 0) is 5.04 Å². The Morgan fingerprint density at radius 2 is 1.65 bits per heavy atom. The van der Waals surface area contributed by atoms with Crippen LogP contribution in [-0.2, 0) is 40.6 Å². The molecule has 0 N–H and O–H groups in total. The minimum atomic E-state index is 0. The van der Waals surface area contributed by atoms with Crippen molar-refractivity contribution in [2.75, 3.05) is 0 Å². The number of aryl methyl sites for hydroxylation is 2. The summed E-state index contributed by atoms with van der Waals surface area (Å²) in [6, 6.07) is 3.77. The zero-order chi connectivity index (χ0) is 11.8.